The van der Waals surface area contributed by atoms with Crippen molar-refractivity contribution >= 4 is 53.1 Å². The lowest BCUT2D eigenvalue weighted by Gasteiger charge is -2.50. The summed E-state index contributed by atoms with van der Waals surface area (Å²) in [7, 11) is 2.78. The molecule has 3 fully saturated rings. The zero-order chi connectivity index (χ0) is 28.5. The van der Waals surface area contributed by atoms with Gasteiger partial charge in [0, 0.05) is 26.3 Å². The van der Waals surface area contributed by atoms with Crippen LogP contribution in [0.4, 0.5) is 21.0 Å². The van der Waals surface area contributed by atoms with E-state index in [1.165, 1.54) is 20.2 Å². The molecule has 0 saturated carbocycles. The summed E-state index contributed by atoms with van der Waals surface area (Å²) < 4.78 is 0. The van der Waals surface area contributed by atoms with Crippen LogP contribution in [0.1, 0.15) is 29.5 Å². The van der Waals surface area contributed by atoms with Crippen LogP contribution in [0.5, 0.6) is 0 Å². The minimum absolute atomic E-state index is 0.0776. The Balaban J connectivity index is 1.41. The zero-order valence-corrected chi connectivity index (χ0v) is 22.3. The molecule has 1 N–H and O–H groups in total. The van der Waals surface area contributed by atoms with Crippen molar-refractivity contribution in [2.75, 3.05) is 30.4 Å². The van der Waals surface area contributed by atoms with Gasteiger partial charge in [-0.2, -0.15) is 0 Å². The van der Waals surface area contributed by atoms with Gasteiger partial charge in [-0.3, -0.25) is 34.3 Å². The number of hydrogen-bond acceptors (Lipinski definition) is 7. The smallest absolute Gasteiger partial charge is 0.335 e. The fourth-order valence-electron chi connectivity index (χ4n) is 6.45. The number of imide groups is 4. The standard InChI is InChI=1S/C29H27N5O6/c1-16-6-4-7-19(12-16)34-24(36)20(23(35)30-27(34)39)14-17-9-10-21-18(13-17)15-29(22-8-5-11-33(21)22)25(37)31(2)28(40)32(3)26(29)38/h4,6-7,9-10,12-14,22H,5,8,11,15H2,1-3H3,(H,30,35,39)/b20-14+. The monoisotopic (exact) mass is 541 g/mol. The molecule has 2 aromatic rings. The summed E-state index contributed by atoms with van der Waals surface area (Å²) >= 11 is 0. The lowest BCUT2D eigenvalue weighted by Crippen LogP contribution is -2.70. The second-order valence-electron chi connectivity index (χ2n) is 10.7. The van der Waals surface area contributed by atoms with Crippen LogP contribution in [0, 0.1) is 12.3 Å². The average Bonchev–Trinajstić information content (AvgIpc) is 3.43. The van der Waals surface area contributed by atoms with Crippen LogP contribution in [0.15, 0.2) is 48.0 Å². The Labute approximate surface area is 230 Å². The largest absolute Gasteiger partial charge is 0.367 e. The van der Waals surface area contributed by atoms with E-state index in [1.807, 2.05) is 19.1 Å². The maximum absolute atomic E-state index is 13.6. The van der Waals surface area contributed by atoms with E-state index in [-0.39, 0.29) is 18.0 Å². The summed E-state index contributed by atoms with van der Waals surface area (Å²) in [4.78, 5) is 83.4. The van der Waals surface area contributed by atoms with Gasteiger partial charge in [-0.15, -0.1) is 0 Å². The number of hydrogen-bond donors (Lipinski definition) is 1. The van der Waals surface area contributed by atoms with Gasteiger partial charge in [0.25, 0.3) is 11.8 Å². The molecular formula is C29H27N5O6. The molecule has 204 valence electrons. The quantitative estimate of drug-likeness (QED) is 0.351. The van der Waals surface area contributed by atoms with Crippen LogP contribution in [-0.2, 0) is 25.6 Å². The fraction of sp³-hybridized carbons (Fsp3) is 0.310. The van der Waals surface area contributed by atoms with Crippen LogP contribution in [-0.4, -0.2) is 72.2 Å². The molecule has 1 atom stereocenters. The van der Waals surface area contributed by atoms with E-state index in [1.54, 1.807) is 30.3 Å². The number of benzene rings is 2. The molecule has 2 aromatic carbocycles. The van der Waals surface area contributed by atoms with Gasteiger partial charge in [-0.1, -0.05) is 18.2 Å². The van der Waals surface area contributed by atoms with E-state index in [4.69, 9.17) is 0 Å². The Morgan fingerprint density at radius 1 is 0.950 bits per heavy atom. The first-order valence-corrected chi connectivity index (χ1v) is 13.0. The van der Waals surface area contributed by atoms with Crippen LogP contribution in [0.3, 0.4) is 0 Å². The molecule has 6 rings (SSSR count). The average molecular weight is 542 g/mol. The normalized spacial score (nSPS) is 23.3. The summed E-state index contributed by atoms with van der Waals surface area (Å²) in [6.45, 7) is 2.48. The van der Waals surface area contributed by atoms with Gasteiger partial charge >= 0.3 is 12.1 Å². The summed E-state index contributed by atoms with van der Waals surface area (Å²) in [5.74, 6) is -2.62. The summed E-state index contributed by atoms with van der Waals surface area (Å²) in [6.07, 6.45) is 2.91. The summed E-state index contributed by atoms with van der Waals surface area (Å²) in [5, 5.41) is 2.23. The second-order valence-corrected chi connectivity index (χ2v) is 10.7. The third-order valence-electron chi connectivity index (χ3n) is 8.32. The van der Waals surface area contributed by atoms with E-state index in [0.717, 1.165) is 32.4 Å². The lowest BCUT2D eigenvalue weighted by atomic mass is 9.68. The first-order valence-electron chi connectivity index (χ1n) is 13.0. The molecule has 4 aliphatic heterocycles. The van der Waals surface area contributed by atoms with E-state index in [9.17, 15) is 28.8 Å². The van der Waals surface area contributed by atoms with Crippen molar-refractivity contribution in [3.05, 3.63) is 64.7 Å². The van der Waals surface area contributed by atoms with E-state index in [2.05, 4.69) is 10.2 Å². The highest BCUT2D eigenvalue weighted by Gasteiger charge is 2.63. The predicted octanol–water partition coefficient (Wildman–Crippen LogP) is 2.22. The minimum Gasteiger partial charge on any atom is -0.367 e. The van der Waals surface area contributed by atoms with Crippen molar-refractivity contribution in [2.45, 2.75) is 32.2 Å². The highest BCUT2D eigenvalue weighted by molar-refractivity contribution is 6.39. The van der Waals surface area contributed by atoms with E-state index < -0.39 is 41.1 Å². The van der Waals surface area contributed by atoms with Gasteiger partial charge < -0.3 is 4.90 Å². The number of fused-ring (bicyclic) bond motifs is 4. The van der Waals surface area contributed by atoms with Crippen LogP contribution < -0.4 is 15.1 Å². The molecule has 0 aromatic heterocycles. The number of carbonyl (C=O) groups excluding carboxylic acids is 6. The molecule has 0 bridgehead atoms. The number of barbiturate groups is 2. The zero-order valence-electron chi connectivity index (χ0n) is 22.3. The second kappa shape index (κ2) is 8.87. The van der Waals surface area contributed by atoms with Gasteiger partial charge in [0.15, 0.2) is 5.41 Å². The first kappa shape index (κ1) is 25.5. The first-order chi connectivity index (χ1) is 19.0. The van der Waals surface area contributed by atoms with Gasteiger partial charge in [0.1, 0.15) is 5.57 Å². The molecule has 4 aliphatic rings. The number of carbonyl (C=O) groups is 6. The highest BCUT2D eigenvalue weighted by Crippen LogP contribution is 2.49. The molecular weight excluding hydrogens is 514 g/mol. The molecule has 4 heterocycles. The van der Waals surface area contributed by atoms with Gasteiger partial charge in [0.05, 0.1) is 11.7 Å². The van der Waals surface area contributed by atoms with Crippen molar-refractivity contribution in [2.24, 2.45) is 5.41 Å². The molecule has 0 radical (unpaired) electrons. The number of urea groups is 2. The Bertz CT molecular complexity index is 1550. The Kier molecular flexibility index (Phi) is 5.65. The van der Waals surface area contributed by atoms with Crippen LogP contribution >= 0.6 is 0 Å². The molecule has 0 aliphatic carbocycles. The summed E-state index contributed by atoms with van der Waals surface area (Å²) in [5.41, 5.74) is 1.56. The molecule has 11 heteroatoms. The number of nitrogens with zero attached hydrogens (tertiary/aromatic N) is 4. The third kappa shape index (κ3) is 3.50. The van der Waals surface area contributed by atoms with Gasteiger partial charge in [-0.25, -0.2) is 14.5 Å². The van der Waals surface area contributed by atoms with Crippen molar-refractivity contribution in [1.82, 2.24) is 15.1 Å². The fourth-order valence-corrected chi connectivity index (χ4v) is 6.45. The highest BCUT2D eigenvalue weighted by atomic mass is 16.2. The van der Waals surface area contributed by atoms with Crippen LogP contribution in [0.25, 0.3) is 6.08 Å². The number of amides is 8. The topological polar surface area (TPSA) is 127 Å². The molecule has 1 unspecified atom stereocenters. The maximum Gasteiger partial charge on any atom is 0.335 e. The minimum atomic E-state index is -1.46. The van der Waals surface area contributed by atoms with Crippen molar-refractivity contribution in [3.63, 3.8) is 0 Å². The molecule has 40 heavy (non-hydrogen) atoms. The predicted molar refractivity (Wildman–Crippen MR) is 144 cm³/mol. The van der Waals surface area contributed by atoms with Crippen molar-refractivity contribution in [1.29, 1.82) is 0 Å². The molecule has 8 amide bonds. The van der Waals surface area contributed by atoms with Crippen molar-refractivity contribution in [3.8, 4) is 0 Å². The number of aryl methyl sites for hydroxylation is 1. The maximum atomic E-state index is 13.6. The molecule has 11 nitrogen and oxygen atoms in total. The number of anilines is 2. The van der Waals surface area contributed by atoms with E-state index in [0.29, 0.717) is 29.8 Å². The van der Waals surface area contributed by atoms with Gasteiger partial charge in [-0.05, 0) is 73.2 Å². The third-order valence-corrected chi connectivity index (χ3v) is 8.32. The lowest BCUT2D eigenvalue weighted by molar-refractivity contribution is -0.159. The van der Waals surface area contributed by atoms with Crippen LogP contribution in [0.2, 0.25) is 0 Å². The Morgan fingerprint density at radius 3 is 2.38 bits per heavy atom. The number of rotatable bonds is 2. The van der Waals surface area contributed by atoms with Crippen molar-refractivity contribution < 1.29 is 28.8 Å². The number of nitrogens with one attached hydrogen (secondary N) is 1. The Hall–Kier alpha value is -4.80. The SMILES string of the molecule is Cc1cccc(N2C(=O)NC(=O)/C(=C\c3ccc4c(c3)CC3(C(=O)N(C)C(=O)N(C)C3=O)C3CCCN43)C2=O)c1. The molecule has 1 spiro atoms. The molecule has 3 saturated heterocycles. The van der Waals surface area contributed by atoms with Gasteiger partial charge in [0.2, 0.25) is 11.8 Å². The Morgan fingerprint density at radius 2 is 1.68 bits per heavy atom. The van der Waals surface area contributed by atoms with E-state index >= 15 is 0 Å². The summed E-state index contributed by atoms with van der Waals surface area (Å²) in [6, 6.07) is 10.3.